The van der Waals surface area contributed by atoms with E-state index in [1.807, 2.05) is 0 Å². The van der Waals surface area contributed by atoms with E-state index in [4.69, 9.17) is 4.74 Å². The van der Waals surface area contributed by atoms with Crippen LogP contribution in [0.5, 0.6) is 11.5 Å². The van der Waals surface area contributed by atoms with Gasteiger partial charge in [0.2, 0.25) is 0 Å². The molecule has 0 N–H and O–H groups in total. The smallest absolute Gasteiger partial charge is 0.489 e. The minimum atomic E-state index is -5.00. The van der Waals surface area contributed by atoms with E-state index in [0.29, 0.717) is 12.1 Å². The summed E-state index contributed by atoms with van der Waals surface area (Å²) in [4.78, 5) is 10.8. The Morgan fingerprint density at radius 2 is 1.58 bits per heavy atom. The van der Waals surface area contributed by atoms with Gasteiger partial charge in [-0.1, -0.05) is 6.07 Å². The molecule has 0 atom stereocenters. The molecule has 0 aliphatic heterocycles. The lowest BCUT2D eigenvalue weighted by atomic mass is 10.1. The van der Waals surface area contributed by atoms with Gasteiger partial charge in [-0.2, -0.15) is 13.2 Å². The number of alkyl halides is 6. The highest BCUT2D eigenvalue weighted by Gasteiger charge is 2.34. The second-order valence-corrected chi connectivity index (χ2v) is 5.00. The molecule has 2 aromatic rings. The summed E-state index contributed by atoms with van der Waals surface area (Å²) in [6.45, 7) is -0.503. The van der Waals surface area contributed by atoms with Gasteiger partial charge in [0.05, 0.1) is 5.56 Å². The summed E-state index contributed by atoms with van der Waals surface area (Å²) >= 11 is 0. The third-order valence-corrected chi connectivity index (χ3v) is 3.01. The van der Waals surface area contributed by atoms with Crippen molar-refractivity contribution < 1.29 is 45.0 Å². The molecule has 2 aromatic carbocycles. The summed E-state index contributed by atoms with van der Waals surface area (Å²) in [5, 5.41) is 0. The van der Waals surface area contributed by atoms with Gasteiger partial charge in [0.15, 0.2) is 0 Å². The van der Waals surface area contributed by atoms with Crippen molar-refractivity contribution in [3.8, 4) is 11.5 Å². The van der Waals surface area contributed by atoms with E-state index in [2.05, 4.69) is 4.74 Å². The molecule has 10 heteroatoms. The summed E-state index contributed by atoms with van der Waals surface area (Å²) in [5.41, 5.74) is -1.77. The molecular formula is C16H9F7O3. The quantitative estimate of drug-likeness (QED) is 0.531. The zero-order valence-electron chi connectivity index (χ0n) is 12.6. The first-order valence-corrected chi connectivity index (χ1v) is 6.82. The first-order chi connectivity index (χ1) is 12.0. The Kier molecular flexibility index (Phi) is 5.43. The lowest BCUT2D eigenvalue weighted by Gasteiger charge is -2.13. The van der Waals surface area contributed by atoms with Crippen molar-refractivity contribution in [3.63, 3.8) is 0 Å². The maximum atomic E-state index is 13.2. The maximum Gasteiger partial charge on any atom is 0.573 e. The topological polar surface area (TPSA) is 35.5 Å². The number of hydrogen-bond acceptors (Lipinski definition) is 3. The van der Waals surface area contributed by atoms with Crippen LogP contribution in [0.15, 0.2) is 36.4 Å². The third-order valence-electron chi connectivity index (χ3n) is 3.01. The fraction of sp³-hybridized carbons (Fsp3) is 0.188. The molecular weight excluding hydrogens is 373 g/mol. The van der Waals surface area contributed by atoms with Crippen LogP contribution >= 0.6 is 0 Å². The zero-order valence-corrected chi connectivity index (χ0v) is 12.6. The van der Waals surface area contributed by atoms with Gasteiger partial charge in [0.25, 0.3) is 0 Å². The monoisotopic (exact) mass is 382 g/mol. The molecule has 0 heterocycles. The van der Waals surface area contributed by atoms with E-state index in [0.717, 1.165) is 24.3 Å². The average Bonchev–Trinajstić information content (AvgIpc) is 2.51. The maximum absolute atomic E-state index is 13.2. The predicted molar refractivity (Wildman–Crippen MR) is 74.2 cm³/mol. The Labute approximate surface area is 141 Å². The zero-order chi connectivity index (χ0) is 19.5. The lowest BCUT2D eigenvalue weighted by molar-refractivity contribution is -0.274. The summed E-state index contributed by atoms with van der Waals surface area (Å²) in [7, 11) is 0. The van der Waals surface area contributed by atoms with Gasteiger partial charge >= 0.3 is 12.5 Å². The Morgan fingerprint density at radius 3 is 2.15 bits per heavy atom. The molecule has 0 bridgehead atoms. The molecule has 0 fully saturated rings. The molecule has 0 aliphatic carbocycles. The molecule has 2 rings (SSSR count). The summed E-state index contributed by atoms with van der Waals surface area (Å²) in [6.07, 6.45) is -9.67. The van der Waals surface area contributed by atoms with Crippen LogP contribution in [0, 0.1) is 5.82 Å². The lowest BCUT2D eigenvalue weighted by Crippen LogP contribution is -2.17. The van der Waals surface area contributed by atoms with Gasteiger partial charge in [-0.25, -0.2) is 4.39 Å². The molecule has 0 radical (unpaired) electrons. The van der Waals surface area contributed by atoms with E-state index >= 15 is 0 Å². The Hall–Kier alpha value is -2.78. The fourth-order valence-electron chi connectivity index (χ4n) is 1.98. The largest absolute Gasteiger partial charge is 0.573 e. The van der Waals surface area contributed by atoms with E-state index in [-0.39, 0.29) is 23.2 Å². The third kappa shape index (κ3) is 5.36. The second-order valence-electron chi connectivity index (χ2n) is 5.00. The minimum Gasteiger partial charge on any atom is -0.489 e. The van der Waals surface area contributed by atoms with E-state index in [9.17, 15) is 35.5 Å². The molecule has 0 amide bonds. The van der Waals surface area contributed by atoms with E-state index in [1.54, 1.807) is 0 Å². The predicted octanol–water partition coefficient (Wildman–Crippen LogP) is 5.13. The van der Waals surface area contributed by atoms with Crippen LogP contribution in [0.2, 0.25) is 0 Å². The second kappa shape index (κ2) is 7.22. The number of hydrogen-bond donors (Lipinski definition) is 0. The molecule has 0 saturated carbocycles. The fourth-order valence-corrected chi connectivity index (χ4v) is 1.98. The van der Waals surface area contributed by atoms with Crippen LogP contribution in [0.4, 0.5) is 30.7 Å². The first-order valence-electron chi connectivity index (χ1n) is 6.82. The van der Waals surface area contributed by atoms with E-state index in [1.165, 1.54) is 0 Å². The van der Waals surface area contributed by atoms with Gasteiger partial charge in [0, 0.05) is 11.6 Å². The van der Waals surface area contributed by atoms with Crippen molar-refractivity contribution >= 4 is 6.29 Å². The van der Waals surface area contributed by atoms with Gasteiger partial charge < -0.3 is 9.47 Å². The van der Waals surface area contributed by atoms with Crippen LogP contribution in [0.25, 0.3) is 0 Å². The number of rotatable bonds is 5. The van der Waals surface area contributed by atoms with Gasteiger partial charge in [0.1, 0.15) is 30.2 Å². The Morgan fingerprint density at radius 1 is 0.923 bits per heavy atom. The molecule has 0 saturated heterocycles. The number of carbonyl (C=O) groups is 1. The Bertz CT molecular complexity index is 797. The molecule has 0 unspecified atom stereocenters. The summed E-state index contributed by atoms with van der Waals surface area (Å²) in [5.74, 6) is -2.44. The average molecular weight is 382 g/mol. The van der Waals surface area contributed by atoms with Crippen LogP contribution in [-0.4, -0.2) is 12.6 Å². The molecule has 140 valence electrons. The number of carbonyl (C=O) groups excluding carboxylic acids is 1. The van der Waals surface area contributed by atoms with Gasteiger partial charge in [-0.15, -0.1) is 13.2 Å². The van der Waals surface area contributed by atoms with Crippen molar-refractivity contribution in [2.24, 2.45) is 0 Å². The minimum absolute atomic E-state index is 0.0754. The molecule has 0 spiro atoms. The highest BCUT2D eigenvalue weighted by molar-refractivity contribution is 5.76. The van der Waals surface area contributed by atoms with Crippen molar-refractivity contribution in [3.05, 3.63) is 58.9 Å². The van der Waals surface area contributed by atoms with Crippen LogP contribution in [0.3, 0.4) is 0 Å². The first kappa shape index (κ1) is 19.5. The van der Waals surface area contributed by atoms with Crippen LogP contribution in [-0.2, 0) is 12.8 Å². The standard InChI is InChI=1S/C16H9F7O3/c17-14-2-1-9(5-13(14)15(18,19)20)8-25-11-3-10(7-24)4-12(6-11)26-16(21,22)23/h1-7H,8H2. The Balaban J connectivity index is 2.21. The number of aldehydes is 1. The van der Waals surface area contributed by atoms with Crippen molar-refractivity contribution in [1.82, 2.24) is 0 Å². The van der Waals surface area contributed by atoms with Crippen molar-refractivity contribution in [1.29, 1.82) is 0 Å². The van der Waals surface area contributed by atoms with Gasteiger partial charge in [-0.05, 0) is 29.8 Å². The molecule has 0 aliphatic rings. The summed E-state index contributed by atoms with van der Waals surface area (Å²) < 4.78 is 96.8. The summed E-state index contributed by atoms with van der Waals surface area (Å²) in [6, 6.07) is 4.85. The molecule has 0 aromatic heterocycles. The van der Waals surface area contributed by atoms with Gasteiger partial charge in [-0.3, -0.25) is 4.79 Å². The number of halogens is 7. The van der Waals surface area contributed by atoms with Crippen molar-refractivity contribution in [2.45, 2.75) is 19.1 Å². The highest BCUT2D eigenvalue weighted by Crippen LogP contribution is 2.32. The SMILES string of the molecule is O=Cc1cc(OCc2ccc(F)c(C(F)(F)F)c2)cc(OC(F)(F)F)c1. The molecule has 3 nitrogen and oxygen atoms in total. The highest BCUT2D eigenvalue weighted by atomic mass is 19.4. The van der Waals surface area contributed by atoms with Crippen LogP contribution in [0.1, 0.15) is 21.5 Å². The van der Waals surface area contributed by atoms with Crippen LogP contribution < -0.4 is 9.47 Å². The normalized spacial score (nSPS) is 12.0. The molecule has 26 heavy (non-hydrogen) atoms. The number of benzene rings is 2. The number of ether oxygens (including phenoxy) is 2. The van der Waals surface area contributed by atoms with Crippen molar-refractivity contribution in [2.75, 3.05) is 0 Å². The van der Waals surface area contributed by atoms with E-state index < -0.39 is 36.3 Å².